The van der Waals surface area contributed by atoms with E-state index in [1.54, 1.807) is 10.8 Å². The number of aromatic nitrogens is 1. The molecule has 1 heterocycles. The number of sulfonamides is 1. The second-order valence-corrected chi connectivity index (χ2v) is 7.17. The SMILES string of the molecule is CCn1cc(S(=O)(=O)NCCCCC(C)C)cc1CO. The average Bonchev–Trinajstić information content (AvgIpc) is 2.81. The van der Waals surface area contributed by atoms with Crippen LogP contribution in [0.1, 0.15) is 45.7 Å². The van der Waals surface area contributed by atoms with E-state index in [2.05, 4.69) is 18.6 Å². The third-order valence-corrected chi connectivity index (χ3v) is 4.70. The van der Waals surface area contributed by atoms with Crippen molar-refractivity contribution in [2.45, 2.75) is 58.1 Å². The van der Waals surface area contributed by atoms with E-state index in [0.717, 1.165) is 19.3 Å². The van der Waals surface area contributed by atoms with Gasteiger partial charge in [-0.3, -0.25) is 0 Å². The summed E-state index contributed by atoms with van der Waals surface area (Å²) in [7, 11) is -3.46. The van der Waals surface area contributed by atoms with Gasteiger partial charge >= 0.3 is 0 Å². The van der Waals surface area contributed by atoms with E-state index in [0.29, 0.717) is 24.7 Å². The molecule has 0 atom stereocenters. The molecule has 0 aromatic carbocycles. The number of aliphatic hydroxyl groups is 1. The molecule has 20 heavy (non-hydrogen) atoms. The zero-order chi connectivity index (χ0) is 15.2. The molecule has 0 spiro atoms. The lowest BCUT2D eigenvalue weighted by Gasteiger charge is -2.06. The summed E-state index contributed by atoms with van der Waals surface area (Å²) in [5.41, 5.74) is 0.618. The van der Waals surface area contributed by atoms with Gasteiger partial charge in [-0.05, 0) is 25.3 Å². The fraction of sp³-hybridized carbons (Fsp3) is 0.714. The van der Waals surface area contributed by atoms with Crippen molar-refractivity contribution in [1.82, 2.24) is 9.29 Å². The fourth-order valence-electron chi connectivity index (χ4n) is 2.07. The Kier molecular flexibility index (Phi) is 6.71. The smallest absolute Gasteiger partial charge is 0.242 e. The molecule has 0 bridgehead atoms. The average molecular weight is 302 g/mol. The Bertz CT molecular complexity index is 485. The molecule has 0 saturated heterocycles. The minimum Gasteiger partial charge on any atom is -0.390 e. The van der Waals surface area contributed by atoms with E-state index >= 15 is 0 Å². The van der Waals surface area contributed by atoms with Gasteiger partial charge in [-0.1, -0.05) is 26.7 Å². The normalized spacial score (nSPS) is 12.2. The van der Waals surface area contributed by atoms with Crippen LogP contribution in [0.15, 0.2) is 17.2 Å². The second kappa shape index (κ2) is 7.81. The minimum absolute atomic E-state index is 0.155. The molecule has 0 aliphatic rings. The van der Waals surface area contributed by atoms with E-state index in [-0.39, 0.29) is 11.5 Å². The highest BCUT2D eigenvalue weighted by Gasteiger charge is 2.17. The van der Waals surface area contributed by atoms with Crippen LogP contribution in [0, 0.1) is 5.92 Å². The summed E-state index contributed by atoms with van der Waals surface area (Å²) in [6, 6.07) is 1.53. The van der Waals surface area contributed by atoms with Gasteiger partial charge in [-0.15, -0.1) is 0 Å². The lowest BCUT2D eigenvalue weighted by Crippen LogP contribution is -2.24. The van der Waals surface area contributed by atoms with E-state index in [4.69, 9.17) is 0 Å². The van der Waals surface area contributed by atoms with Crippen molar-refractivity contribution < 1.29 is 13.5 Å². The fourth-order valence-corrected chi connectivity index (χ4v) is 3.20. The maximum Gasteiger partial charge on any atom is 0.242 e. The standard InChI is InChI=1S/C14H26N2O3S/c1-4-16-10-14(9-13(16)11-17)20(18,19)15-8-6-5-7-12(2)3/h9-10,12,15,17H,4-8,11H2,1-3H3. The van der Waals surface area contributed by atoms with Crippen molar-refractivity contribution in [1.29, 1.82) is 0 Å². The maximum absolute atomic E-state index is 12.1. The van der Waals surface area contributed by atoms with E-state index in [9.17, 15) is 13.5 Å². The summed E-state index contributed by atoms with van der Waals surface area (Å²) < 4.78 is 28.6. The Morgan fingerprint density at radius 1 is 1.35 bits per heavy atom. The highest BCUT2D eigenvalue weighted by Crippen LogP contribution is 2.15. The summed E-state index contributed by atoms with van der Waals surface area (Å²) in [6.45, 7) is 7.18. The number of hydrogen-bond donors (Lipinski definition) is 2. The first-order valence-electron chi connectivity index (χ1n) is 7.20. The number of hydrogen-bond acceptors (Lipinski definition) is 3. The predicted octanol–water partition coefficient (Wildman–Crippen LogP) is 2.10. The van der Waals surface area contributed by atoms with Gasteiger partial charge in [0.1, 0.15) is 0 Å². The molecule has 0 aliphatic carbocycles. The second-order valence-electron chi connectivity index (χ2n) is 5.40. The van der Waals surface area contributed by atoms with Crippen LogP contribution in [0.3, 0.4) is 0 Å². The summed E-state index contributed by atoms with van der Waals surface area (Å²) in [4.78, 5) is 0.229. The van der Waals surface area contributed by atoms with Gasteiger partial charge in [0.15, 0.2) is 0 Å². The van der Waals surface area contributed by atoms with Crippen LogP contribution in [0.5, 0.6) is 0 Å². The monoisotopic (exact) mass is 302 g/mol. The highest BCUT2D eigenvalue weighted by molar-refractivity contribution is 7.89. The number of aliphatic hydroxyl groups excluding tert-OH is 1. The Labute approximate surface area is 122 Å². The Balaban J connectivity index is 2.58. The van der Waals surface area contributed by atoms with Crippen molar-refractivity contribution in [2.75, 3.05) is 6.54 Å². The molecule has 116 valence electrons. The van der Waals surface area contributed by atoms with Crippen LogP contribution in [0.2, 0.25) is 0 Å². The number of rotatable bonds is 9. The molecule has 0 amide bonds. The molecular formula is C14H26N2O3S. The first kappa shape index (κ1) is 17.2. The lowest BCUT2D eigenvalue weighted by atomic mass is 10.1. The van der Waals surface area contributed by atoms with Gasteiger partial charge < -0.3 is 9.67 Å². The Morgan fingerprint density at radius 2 is 2.05 bits per heavy atom. The molecule has 1 aromatic heterocycles. The summed E-state index contributed by atoms with van der Waals surface area (Å²) >= 11 is 0. The number of unbranched alkanes of at least 4 members (excludes halogenated alkanes) is 1. The van der Waals surface area contributed by atoms with Crippen LogP contribution in [0.4, 0.5) is 0 Å². The molecule has 0 unspecified atom stereocenters. The molecule has 0 aliphatic heterocycles. The van der Waals surface area contributed by atoms with Crippen LogP contribution < -0.4 is 4.72 Å². The maximum atomic E-state index is 12.1. The quantitative estimate of drug-likeness (QED) is 0.686. The largest absolute Gasteiger partial charge is 0.390 e. The van der Waals surface area contributed by atoms with E-state index in [1.807, 2.05) is 6.92 Å². The topological polar surface area (TPSA) is 71.3 Å². The van der Waals surface area contributed by atoms with Crippen molar-refractivity contribution in [3.8, 4) is 0 Å². The minimum atomic E-state index is -3.46. The van der Waals surface area contributed by atoms with Gasteiger partial charge in [0.25, 0.3) is 0 Å². The van der Waals surface area contributed by atoms with Gasteiger partial charge in [0, 0.05) is 25.0 Å². The number of nitrogens with zero attached hydrogens (tertiary/aromatic N) is 1. The highest BCUT2D eigenvalue weighted by atomic mass is 32.2. The predicted molar refractivity (Wildman–Crippen MR) is 79.9 cm³/mol. The third kappa shape index (κ3) is 4.92. The molecular weight excluding hydrogens is 276 g/mol. The van der Waals surface area contributed by atoms with Crippen molar-refractivity contribution in [3.63, 3.8) is 0 Å². The first-order chi connectivity index (χ1) is 9.40. The van der Waals surface area contributed by atoms with E-state index < -0.39 is 10.0 Å². The molecule has 0 saturated carbocycles. The summed E-state index contributed by atoms with van der Waals surface area (Å²) in [6.07, 6.45) is 4.56. The molecule has 0 fully saturated rings. The van der Waals surface area contributed by atoms with Crippen LogP contribution in [-0.2, 0) is 23.2 Å². The van der Waals surface area contributed by atoms with Gasteiger partial charge in [0.05, 0.1) is 11.5 Å². The van der Waals surface area contributed by atoms with Gasteiger partial charge in [-0.2, -0.15) is 0 Å². The molecule has 1 rings (SSSR count). The lowest BCUT2D eigenvalue weighted by molar-refractivity contribution is 0.271. The summed E-state index contributed by atoms with van der Waals surface area (Å²) in [5, 5.41) is 9.19. The zero-order valence-electron chi connectivity index (χ0n) is 12.6. The molecule has 2 N–H and O–H groups in total. The summed E-state index contributed by atoms with van der Waals surface area (Å²) in [5.74, 6) is 0.650. The molecule has 0 radical (unpaired) electrons. The van der Waals surface area contributed by atoms with Gasteiger partial charge in [-0.25, -0.2) is 13.1 Å². The van der Waals surface area contributed by atoms with Crippen molar-refractivity contribution in [3.05, 3.63) is 18.0 Å². The van der Waals surface area contributed by atoms with Crippen molar-refractivity contribution >= 4 is 10.0 Å². The zero-order valence-corrected chi connectivity index (χ0v) is 13.4. The van der Waals surface area contributed by atoms with Crippen molar-refractivity contribution in [2.24, 2.45) is 5.92 Å². The van der Waals surface area contributed by atoms with Crippen LogP contribution >= 0.6 is 0 Å². The Hall–Kier alpha value is -0.850. The number of nitrogens with one attached hydrogen (secondary N) is 1. The van der Waals surface area contributed by atoms with Crippen LogP contribution in [0.25, 0.3) is 0 Å². The van der Waals surface area contributed by atoms with E-state index in [1.165, 1.54) is 6.07 Å². The number of aryl methyl sites for hydroxylation is 1. The Morgan fingerprint density at radius 3 is 2.55 bits per heavy atom. The molecule has 5 nitrogen and oxygen atoms in total. The third-order valence-electron chi connectivity index (χ3n) is 3.27. The first-order valence-corrected chi connectivity index (χ1v) is 8.68. The molecule has 6 heteroatoms. The van der Waals surface area contributed by atoms with Crippen LogP contribution in [-0.4, -0.2) is 24.6 Å². The molecule has 1 aromatic rings. The van der Waals surface area contributed by atoms with Gasteiger partial charge in [0.2, 0.25) is 10.0 Å².